The van der Waals surface area contributed by atoms with E-state index < -0.39 is 28.5 Å². The Kier molecular flexibility index (Phi) is 9.94. The van der Waals surface area contributed by atoms with Crippen LogP contribution in [0.3, 0.4) is 0 Å². The van der Waals surface area contributed by atoms with Gasteiger partial charge < -0.3 is 10.2 Å². The lowest BCUT2D eigenvalue weighted by molar-refractivity contribution is -0.140. The van der Waals surface area contributed by atoms with Gasteiger partial charge in [-0.15, -0.1) is 0 Å². The van der Waals surface area contributed by atoms with Gasteiger partial charge in [-0.05, 0) is 42.5 Å². The molecule has 1 N–H and O–H groups in total. The largest absolute Gasteiger partial charge is 0.354 e. The molecule has 0 saturated carbocycles. The van der Waals surface area contributed by atoms with Crippen molar-refractivity contribution in [3.8, 4) is 0 Å². The Balaban J connectivity index is 2.43. The van der Waals surface area contributed by atoms with E-state index in [-0.39, 0.29) is 18.4 Å². The molecule has 0 aliphatic carbocycles. The molecule has 0 aliphatic rings. The molecule has 2 amide bonds. The van der Waals surface area contributed by atoms with Gasteiger partial charge in [0.2, 0.25) is 21.8 Å². The number of amides is 2. The monoisotopic (exact) mass is 507 g/mol. The lowest BCUT2D eigenvalue weighted by Crippen LogP contribution is -2.52. The standard InChI is InChI=1S/C25H34ClN3O4S/c1-6-22(25(31)27-15-18(2)3)28(16-20-10-8-7-9-11-20)24(30)17-29(34(5,32)33)23-14-21(26)13-12-19(23)4/h7-14,18,22H,6,15-17H2,1-5H3,(H,27,31). The highest BCUT2D eigenvalue weighted by molar-refractivity contribution is 7.92. The molecule has 0 bridgehead atoms. The molecule has 2 aromatic carbocycles. The minimum atomic E-state index is -3.81. The summed E-state index contributed by atoms with van der Waals surface area (Å²) in [6.07, 6.45) is 1.44. The second-order valence-electron chi connectivity index (χ2n) is 8.77. The molecule has 34 heavy (non-hydrogen) atoms. The topological polar surface area (TPSA) is 86.8 Å². The van der Waals surface area contributed by atoms with Crippen LogP contribution in [-0.4, -0.2) is 50.5 Å². The van der Waals surface area contributed by atoms with Crippen LogP contribution in [0.5, 0.6) is 0 Å². The summed E-state index contributed by atoms with van der Waals surface area (Å²) in [5.74, 6) is -0.475. The van der Waals surface area contributed by atoms with Crippen LogP contribution in [0.2, 0.25) is 5.02 Å². The van der Waals surface area contributed by atoms with Gasteiger partial charge in [0.15, 0.2) is 0 Å². The van der Waals surface area contributed by atoms with Crippen LogP contribution in [0.4, 0.5) is 5.69 Å². The van der Waals surface area contributed by atoms with Crippen molar-refractivity contribution in [2.24, 2.45) is 5.92 Å². The molecule has 0 aliphatic heterocycles. The minimum Gasteiger partial charge on any atom is -0.354 e. The summed E-state index contributed by atoms with van der Waals surface area (Å²) < 4.78 is 26.4. The summed E-state index contributed by atoms with van der Waals surface area (Å²) in [7, 11) is -3.81. The number of hydrogen-bond acceptors (Lipinski definition) is 4. The van der Waals surface area contributed by atoms with Crippen LogP contribution in [-0.2, 0) is 26.2 Å². The van der Waals surface area contributed by atoms with Gasteiger partial charge in [0.25, 0.3) is 0 Å². The van der Waals surface area contributed by atoms with Gasteiger partial charge in [0, 0.05) is 18.1 Å². The number of anilines is 1. The molecule has 0 heterocycles. The van der Waals surface area contributed by atoms with Gasteiger partial charge in [-0.25, -0.2) is 8.42 Å². The number of nitrogens with one attached hydrogen (secondary N) is 1. The molecule has 186 valence electrons. The van der Waals surface area contributed by atoms with Gasteiger partial charge in [0.1, 0.15) is 12.6 Å². The van der Waals surface area contributed by atoms with Crippen molar-refractivity contribution in [1.29, 1.82) is 0 Å². The van der Waals surface area contributed by atoms with E-state index in [0.29, 0.717) is 29.2 Å². The average Bonchev–Trinajstić information content (AvgIpc) is 2.77. The third-order valence-electron chi connectivity index (χ3n) is 5.39. The number of benzene rings is 2. The predicted molar refractivity (Wildman–Crippen MR) is 137 cm³/mol. The number of carbonyl (C=O) groups excluding carboxylic acids is 2. The zero-order valence-electron chi connectivity index (χ0n) is 20.4. The predicted octanol–water partition coefficient (Wildman–Crippen LogP) is 3.99. The fourth-order valence-corrected chi connectivity index (χ4v) is 4.63. The summed E-state index contributed by atoms with van der Waals surface area (Å²) in [4.78, 5) is 28.1. The quantitative estimate of drug-likeness (QED) is 0.498. The van der Waals surface area contributed by atoms with E-state index in [2.05, 4.69) is 5.32 Å². The van der Waals surface area contributed by atoms with Crippen LogP contribution in [0, 0.1) is 12.8 Å². The van der Waals surface area contributed by atoms with Crippen LogP contribution in [0.1, 0.15) is 38.3 Å². The first-order valence-electron chi connectivity index (χ1n) is 11.3. The number of carbonyl (C=O) groups is 2. The van der Waals surface area contributed by atoms with Gasteiger partial charge >= 0.3 is 0 Å². The molecule has 2 aromatic rings. The van der Waals surface area contributed by atoms with Gasteiger partial charge in [-0.2, -0.15) is 0 Å². The van der Waals surface area contributed by atoms with Crippen molar-refractivity contribution in [2.45, 2.75) is 46.7 Å². The number of aryl methyl sites for hydroxylation is 1. The number of sulfonamides is 1. The lowest BCUT2D eigenvalue weighted by Gasteiger charge is -2.33. The van der Waals surface area contributed by atoms with E-state index in [9.17, 15) is 18.0 Å². The van der Waals surface area contributed by atoms with E-state index in [1.807, 2.05) is 51.1 Å². The molecule has 1 atom stereocenters. The summed E-state index contributed by atoms with van der Waals surface area (Å²) in [5.41, 5.74) is 1.84. The van der Waals surface area contributed by atoms with Crippen molar-refractivity contribution >= 4 is 39.1 Å². The third kappa shape index (κ3) is 7.74. The van der Waals surface area contributed by atoms with Crippen molar-refractivity contribution in [2.75, 3.05) is 23.7 Å². The fraction of sp³-hybridized carbons (Fsp3) is 0.440. The van der Waals surface area contributed by atoms with Crippen LogP contribution >= 0.6 is 11.6 Å². The molecule has 0 radical (unpaired) electrons. The van der Waals surface area contributed by atoms with Crippen molar-refractivity contribution in [1.82, 2.24) is 10.2 Å². The number of nitrogens with zero attached hydrogens (tertiary/aromatic N) is 2. The molecule has 7 nitrogen and oxygen atoms in total. The van der Waals surface area contributed by atoms with E-state index >= 15 is 0 Å². The summed E-state index contributed by atoms with van der Waals surface area (Å²) in [5, 5.41) is 3.27. The number of halogens is 1. The highest BCUT2D eigenvalue weighted by Gasteiger charge is 2.32. The Labute approximate surface area is 208 Å². The smallest absolute Gasteiger partial charge is 0.244 e. The third-order valence-corrected chi connectivity index (χ3v) is 6.75. The summed E-state index contributed by atoms with van der Waals surface area (Å²) in [6.45, 7) is 7.79. The normalized spacial score (nSPS) is 12.3. The Morgan fingerprint density at radius 1 is 1.09 bits per heavy atom. The zero-order valence-corrected chi connectivity index (χ0v) is 22.0. The van der Waals surface area contributed by atoms with E-state index in [4.69, 9.17) is 11.6 Å². The van der Waals surface area contributed by atoms with Gasteiger partial charge in [-0.1, -0.05) is 68.8 Å². The zero-order chi connectivity index (χ0) is 25.5. The Morgan fingerprint density at radius 3 is 2.29 bits per heavy atom. The molecule has 0 aromatic heterocycles. The summed E-state index contributed by atoms with van der Waals surface area (Å²) in [6, 6.07) is 13.5. The Bertz CT molecular complexity index is 1090. The minimum absolute atomic E-state index is 0.180. The van der Waals surface area contributed by atoms with Crippen molar-refractivity contribution in [3.63, 3.8) is 0 Å². The highest BCUT2D eigenvalue weighted by atomic mass is 35.5. The number of hydrogen-bond donors (Lipinski definition) is 1. The van der Waals surface area contributed by atoms with Gasteiger partial charge in [0.05, 0.1) is 11.9 Å². The molecule has 1 unspecified atom stereocenters. The first kappa shape index (κ1) is 27.7. The Hall–Kier alpha value is -2.58. The van der Waals surface area contributed by atoms with E-state index in [1.54, 1.807) is 19.1 Å². The fourth-order valence-electron chi connectivity index (χ4n) is 3.57. The molecule has 0 saturated heterocycles. The average molecular weight is 508 g/mol. The SMILES string of the molecule is CCC(C(=O)NCC(C)C)N(Cc1ccccc1)C(=O)CN(c1cc(Cl)ccc1C)S(C)(=O)=O. The first-order valence-corrected chi connectivity index (χ1v) is 13.5. The second kappa shape index (κ2) is 12.2. The van der Waals surface area contributed by atoms with Crippen LogP contribution in [0.15, 0.2) is 48.5 Å². The molecule has 0 fully saturated rings. The molecule has 0 spiro atoms. The highest BCUT2D eigenvalue weighted by Crippen LogP contribution is 2.27. The van der Waals surface area contributed by atoms with Crippen molar-refractivity contribution in [3.05, 3.63) is 64.7 Å². The van der Waals surface area contributed by atoms with Crippen LogP contribution in [0.25, 0.3) is 0 Å². The maximum absolute atomic E-state index is 13.6. The van der Waals surface area contributed by atoms with Gasteiger partial charge in [-0.3, -0.25) is 13.9 Å². The first-order chi connectivity index (χ1) is 15.9. The number of rotatable bonds is 11. The Morgan fingerprint density at radius 2 is 1.74 bits per heavy atom. The molecule has 9 heteroatoms. The molecule has 2 rings (SSSR count). The van der Waals surface area contributed by atoms with E-state index in [0.717, 1.165) is 16.1 Å². The maximum atomic E-state index is 13.6. The van der Waals surface area contributed by atoms with Crippen molar-refractivity contribution < 1.29 is 18.0 Å². The van der Waals surface area contributed by atoms with E-state index in [1.165, 1.54) is 11.0 Å². The molecular formula is C25H34ClN3O4S. The maximum Gasteiger partial charge on any atom is 0.244 e. The summed E-state index contributed by atoms with van der Waals surface area (Å²) >= 11 is 6.12. The van der Waals surface area contributed by atoms with Crippen LogP contribution < -0.4 is 9.62 Å². The lowest BCUT2D eigenvalue weighted by atomic mass is 10.1. The molecular weight excluding hydrogens is 474 g/mol. The second-order valence-corrected chi connectivity index (χ2v) is 11.1.